The number of halogens is 3. The molecule has 0 N–H and O–H groups in total. The molecule has 0 aromatic rings. The van der Waals surface area contributed by atoms with Crippen molar-refractivity contribution in [3.63, 3.8) is 0 Å². The second-order valence-electron chi connectivity index (χ2n) is 4.37. The number of ether oxygens (including phenoxy) is 1. The Hall–Kier alpha value is -0.780. The van der Waals surface area contributed by atoms with E-state index in [1.54, 1.807) is 20.8 Å². The molecular weight excluding hydrogens is 211 g/mol. The third kappa shape index (κ3) is 3.09. The lowest BCUT2D eigenvalue weighted by Crippen LogP contribution is -2.56. The predicted octanol–water partition coefficient (Wildman–Crippen LogP) is 1.57. The zero-order valence-corrected chi connectivity index (χ0v) is 8.89. The lowest BCUT2D eigenvalue weighted by molar-refractivity contribution is -0.200. The van der Waals surface area contributed by atoms with Crippen molar-refractivity contribution >= 4 is 5.91 Å². The number of amides is 1. The Morgan fingerprint density at radius 3 is 2.40 bits per heavy atom. The van der Waals surface area contributed by atoms with E-state index in [9.17, 15) is 18.0 Å². The highest BCUT2D eigenvalue weighted by molar-refractivity contribution is 5.82. The summed E-state index contributed by atoms with van der Waals surface area (Å²) in [5, 5.41) is 0. The molecule has 0 aromatic carbocycles. The van der Waals surface area contributed by atoms with Gasteiger partial charge in [-0.05, 0) is 20.8 Å². The van der Waals surface area contributed by atoms with E-state index in [0.717, 1.165) is 4.90 Å². The summed E-state index contributed by atoms with van der Waals surface area (Å²) < 4.78 is 41.9. The highest BCUT2D eigenvalue weighted by atomic mass is 19.4. The second kappa shape index (κ2) is 3.66. The monoisotopic (exact) mass is 225 g/mol. The molecule has 1 atom stereocenters. The fourth-order valence-corrected chi connectivity index (χ4v) is 1.79. The summed E-state index contributed by atoms with van der Waals surface area (Å²) in [7, 11) is 0. The van der Waals surface area contributed by atoms with Crippen LogP contribution in [0.15, 0.2) is 0 Å². The zero-order chi connectivity index (χ0) is 11.9. The van der Waals surface area contributed by atoms with E-state index in [2.05, 4.69) is 0 Å². The number of hydrogen-bond donors (Lipinski definition) is 0. The zero-order valence-electron chi connectivity index (χ0n) is 8.89. The minimum Gasteiger partial charge on any atom is -0.369 e. The summed E-state index contributed by atoms with van der Waals surface area (Å²) >= 11 is 0. The highest BCUT2D eigenvalue weighted by Gasteiger charge is 2.46. The van der Waals surface area contributed by atoms with Gasteiger partial charge in [0.25, 0.3) is 0 Å². The van der Waals surface area contributed by atoms with Gasteiger partial charge in [0.05, 0.1) is 11.7 Å². The molecule has 6 heteroatoms. The predicted molar refractivity (Wildman–Crippen MR) is 47.3 cm³/mol. The molecule has 1 rings (SSSR count). The molecule has 0 bridgehead atoms. The summed E-state index contributed by atoms with van der Waals surface area (Å²) in [4.78, 5) is 11.8. The first kappa shape index (κ1) is 12.3. The number of carbonyl (C=O) groups is 1. The Bertz CT molecular complexity index is 263. The van der Waals surface area contributed by atoms with Crippen molar-refractivity contribution in [3.05, 3.63) is 0 Å². The highest BCUT2D eigenvalue weighted by Crippen LogP contribution is 2.25. The molecule has 88 valence electrons. The van der Waals surface area contributed by atoms with Gasteiger partial charge in [-0.15, -0.1) is 0 Å². The van der Waals surface area contributed by atoms with E-state index >= 15 is 0 Å². The standard InChI is InChI=1S/C9H14F3NO2/c1-6-4-13(5-8(2,3)15-6)7(14)9(10,11)12/h6H,4-5H2,1-3H3. The summed E-state index contributed by atoms with van der Waals surface area (Å²) in [5.41, 5.74) is -0.724. The Morgan fingerprint density at radius 1 is 1.47 bits per heavy atom. The molecule has 1 amide bonds. The van der Waals surface area contributed by atoms with Crippen LogP contribution in [0.2, 0.25) is 0 Å². The normalized spacial score (nSPS) is 26.5. The van der Waals surface area contributed by atoms with Crippen LogP contribution in [-0.4, -0.2) is 41.8 Å². The molecule has 0 aliphatic carbocycles. The third-order valence-electron chi connectivity index (χ3n) is 2.10. The van der Waals surface area contributed by atoms with Crippen LogP contribution in [0.1, 0.15) is 20.8 Å². The molecule has 1 unspecified atom stereocenters. The molecule has 0 saturated carbocycles. The average molecular weight is 225 g/mol. The molecule has 0 spiro atoms. The van der Waals surface area contributed by atoms with E-state index in [-0.39, 0.29) is 19.2 Å². The largest absolute Gasteiger partial charge is 0.471 e. The van der Waals surface area contributed by atoms with Gasteiger partial charge in [0.15, 0.2) is 0 Å². The van der Waals surface area contributed by atoms with Gasteiger partial charge in [-0.3, -0.25) is 4.79 Å². The smallest absolute Gasteiger partial charge is 0.369 e. The molecule has 1 heterocycles. The van der Waals surface area contributed by atoms with E-state index < -0.39 is 17.7 Å². The lowest BCUT2D eigenvalue weighted by Gasteiger charge is -2.41. The van der Waals surface area contributed by atoms with Crippen molar-refractivity contribution in [2.45, 2.75) is 38.7 Å². The van der Waals surface area contributed by atoms with Crippen LogP contribution < -0.4 is 0 Å². The first-order chi connectivity index (χ1) is 6.62. The number of nitrogens with zero attached hydrogens (tertiary/aromatic N) is 1. The Balaban J connectivity index is 2.75. The van der Waals surface area contributed by atoms with Crippen LogP contribution in [0.4, 0.5) is 13.2 Å². The second-order valence-corrected chi connectivity index (χ2v) is 4.37. The van der Waals surface area contributed by atoms with Crippen LogP contribution in [-0.2, 0) is 9.53 Å². The first-order valence-corrected chi connectivity index (χ1v) is 4.66. The van der Waals surface area contributed by atoms with Crippen molar-refractivity contribution in [2.24, 2.45) is 0 Å². The van der Waals surface area contributed by atoms with Crippen molar-refractivity contribution in [1.29, 1.82) is 0 Å². The van der Waals surface area contributed by atoms with Gasteiger partial charge >= 0.3 is 12.1 Å². The van der Waals surface area contributed by atoms with E-state index in [0.29, 0.717) is 0 Å². The van der Waals surface area contributed by atoms with E-state index in [1.165, 1.54) is 0 Å². The summed E-state index contributed by atoms with van der Waals surface area (Å²) in [6, 6.07) is 0. The maximum atomic E-state index is 12.2. The van der Waals surface area contributed by atoms with Gasteiger partial charge in [-0.2, -0.15) is 13.2 Å². The number of rotatable bonds is 0. The van der Waals surface area contributed by atoms with Crippen LogP contribution in [0.5, 0.6) is 0 Å². The van der Waals surface area contributed by atoms with Gasteiger partial charge in [0, 0.05) is 13.1 Å². The minimum atomic E-state index is -4.80. The molecule has 1 fully saturated rings. The molecule has 15 heavy (non-hydrogen) atoms. The number of hydrogen-bond acceptors (Lipinski definition) is 2. The number of carbonyl (C=O) groups excluding carboxylic acids is 1. The molecule has 0 aromatic heterocycles. The molecule has 1 saturated heterocycles. The van der Waals surface area contributed by atoms with Gasteiger partial charge in [0.1, 0.15) is 0 Å². The van der Waals surface area contributed by atoms with Crippen LogP contribution in [0.3, 0.4) is 0 Å². The van der Waals surface area contributed by atoms with Crippen molar-refractivity contribution in [1.82, 2.24) is 4.90 Å². The van der Waals surface area contributed by atoms with Crippen molar-refractivity contribution in [3.8, 4) is 0 Å². The number of morpholine rings is 1. The van der Waals surface area contributed by atoms with Gasteiger partial charge in [0.2, 0.25) is 0 Å². The SMILES string of the molecule is CC1CN(C(=O)C(F)(F)F)CC(C)(C)O1. The van der Waals surface area contributed by atoms with E-state index in [1.807, 2.05) is 0 Å². The van der Waals surface area contributed by atoms with Gasteiger partial charge < -0.3 is 9.64 Å². The van der Waals surface area contributed by atoms with Crippen molar-refractivity contribution in [2.75, 3.05) is 13.1 Å². The Labute approximate surface area is 86.2 Å². The fourth-order valence-electron chi connectivity index (χ4n) is 1.79. The molecule has 1 aliphatic heterocycles. The average Bonchev–Trinajstić information content (AvgIpc) is 1.97. The van der Waals surface area contributed by atoms with Crippen LogP contribution in [0, 0.1) is 0 Å². The third-order valence-corrected chi connectivity index (χ3v) is 2.10. The van der Waals surface area contributed by atoms with Gasteiger partial charge in [-0.1, -0.05) is 0 Å². The lowest BCUT2D eigenvalue weighted by atomic mass is 10.1. The molecular formula is C9H14F3NO2. The Morgan fingerprint density at radius 2 is 2.00 bits per heavy atom. The molecule has 3 nitrogen and oxygen atoms in total. The Kier molecular flexibility index (Phi) is 3.00. The van der Waals surface area contributed by atoms with Crippen LogP contribution >= 0.6 is 0 Å². The van der Waals surface area contributed by atoms with Gasteiger partial charge in [-0.25, -0.2) is 0 Å². The summed E-state index contributed by atoms with van der Waals surface area (Å²) in [5.74, 6) is -1.79. The topological polar surface area (TPSA) is 29.5 Å². The first-order valence-electron chi connectivity index (χ1n) is 4.66. The van der Waals surface area contributed by atoms with Crippen molar-refractivity contribution < 1.29 is 22.7 Å². The fraction of sp³-hybridized carbons (Fsp3) is 0.889. The minimum absolute atomic E-state index is 0.0121. The molecule has 0 radical (unpaired) electrons. The maximum Gasteiger partial charge on any atom is 0.471 e. The molecule has 1 aliphatic rings. The van der Waals surface area contributed by atoms with Crippen LogP contribution in [0.25, 0.3) is 0 Å². The number of alkyl halides is 3. The summed E-state index contributed by atoms with van der Waals surface area (Å²) in [6.07, 6.45) is -5.17. The maximum absolute atomic E-state index is 12.2. The summed E-state index contributed by atoms with van der Waals surface area (Å²) in [6.45, 7) is 4.94. The quantitative estimate of drug-likeness (QED) is 0.626. The van der Waals surface area contributed by atoms with E-state index in [4.69, 9.17) is 4.74 Å².